The van der Waals surface area contributed by atoms with Crippen LogP contribution in [-0.2, 0) is 0 Å². The first-order chi connectivity index (χ1) is 7.27. The average Bonchev–Trinajstić information content (AvgIpc) is 2.29. The van der Waals surface area contributed by atoms with Gasteiger partial charge >= 0.3 is 0 Å². The summed E-state index contributed by atoms with van der Waals surface area (Å²) < 4.78 is 0. The Hall–Kier alpha value is -0.860. The fourth-order valence-electron chi connectivity index (χ4n) is 2.79. The molecule has 0 fully saturated rings. The standard InChI is InChI=1S/C13H19NO/c1-9-7-10(8-15)13(14-2)12-6-4-3-5-11(9)12/h3-6,9-10,13-15H,7-8H2,1-2H3. The number of hydrogen-bond acceptors (Lipinski definition) is 2. The molecule has 0 heterocycles. The maximum absolute atomic E-state index is 9.40. The van der Waals surface area contributed by atoms with E-state index in [0.717, 1.165) is 6.42 Å². The SMILES string of the molecule is CNC1c2ccccc2C(C)CC1CO. The fraction of sp³-hybridized carbons (Fsp3) is 0.538. The van der Waals surface area contributed by atoms with E-state index in [4.69, 9.17) is 0 Å². The van der Waals surface area contributed by atoms with Crippen molar-refractivity contribution in [2.24, 2.45) is 5.92 Å². The molecule has 1 aliphatic rings. The van der Waals surface area contributed by atoms with E-state index in [9.17, 15) is 5.11 Å². The molecule has 0 radical (unpaired) electrons. The summed E-state index contributed by atoms with van der Waals surface area (Å²) in [5, 5.41) is 12.7. The van der Waals surface area contributed by atoms with Crippen molar-refractivity contribution < 1.29 is 5.11 Å². The Bertz CT molecular complexity index is 337. The van der Waals surface area contributed by atoms with Gasteiger partial charge in [0, 0.05) is 18.6 Å². The molecule has 3 atom stereocenters. The Labute approximate surface area is 91.3 Å². The lowest BCUT2D eigenvalue weighted by Gasteiger charge is -2.35. The lowest BCUT2D eigenvalue weighted by Crippen LogP contribution is -2.33. The Kier molecular flexibility index (Phi) is 3.08. The van der Waals surface area contributed by atoms with Gasteiger partial charge in [-0.15, -0.1) is 0 Å². The summed E-state index contributed by atoms with van der Waals surface area (Å²) in [6, 6.07) is 8.87. The number of nitrogens with one attached hydrogen (secondary N) is 1. The number of aliphatic hydroxyl groups is 1. The van der Waals surface area contributed by atoms with Crippen LogP contribution >= 0.6 is 0 Å². The third-order valence-corrected chi connectivity index (χ3v) is 3.54. The van der Waals surface area contributed by atoms with Gasteiger partial charge in [0.25, 0.3) is 0 Å². The molecule has 82 valence electrons. The average molecular weight is 205 g/mol. The van der Waals surface area contributed by atoms with Gasteiger partial charge in [0.15, 0.2) is 0 Å². The van der Waals surface area contributed by atoms with Gasteiger partial charge in [0.1, 0.15) is 0 Å². The lowest BCUT2D eigenvalue weighted by atomic mass is 9.75. The molecule has 0 aromatic heterocycles. The second-order valence-electron chi connectivity index (χ2n) is 4.47. The largest absolute Gasteiger partial charge is 0.396 e. The van der Waals surface area contributed by atoms with Gasteiger partial charge in [-0.25, -0.2) is 0 Å². The number of hydrogen-bond donors (Lipinski definition) is 2. The van der Waals surface area contributed by atoms with Gasteiger partial charge in [0.2, 0.25) is 0 Å². The first-order valence-corrected chi connectivity index (χ1v) is 5.65. The third kappa shape index (κ3) is 1.80. The molecule has 1 aliphatic carbocycles. The molecule has 2 nitrogen and oxygen atoms in total. The van der Waals surface area contributed by atoms with E-state index in [1.807, 2.05) is 7.05 Å². The summed E-state index contributed by atoms with van der Waals surface area (Å²) in [6.45, 7) is 2.51. The van der Waals surface area contributed by atoms with Crippen LogP contribution in [0.5, 0.6) is 0 Å². The van der Waals surface area contributed by atoms with E-state index in [2.05, 4.69) is 36.5 Å². The first kappa shape index (κ1) is 10.7. The summed E-state index contributed by atoms with van der Waals surface area (Å²) >= 11 is 0. The quantitative estimate of drug-likeness (QED) is 0.774. The number of rotatable bonds is 2. The van der Waals surface area contributed by atoms with Crippen molar-refractivity contribution in [3.8, 4) is 0 Å². The highest BCUT2D eigenvalue weighted by Gasteiger charge is 2.31. The minimum Gasteiger partial charge on any atom is -0.396 e. The van der Waals surface area contributed by atoms with Gasteiger partial charge in [-0.3, -0.25) is 0 Å². The fourth-order valence-corrected chi connectivity index (χ4v) is 2.79. The van der Waals surface area contributed by atoms with Gasteiger partial charge < -0.3 is 10.4 Å². The maximum atomic E-state index is 9.40. The van der Waals surface area contributed by atoms with Crippen molar-refractivity contribution in [2.45, 2.75) is 25.3 Å². The molecule has 0 amide bonds. The third-order valence-electron chi connectivity index (χ3n) is 3.54. The van der Waals surface area contributed by atoms with Crippen LogP contribution in [0.4, 0.5) is 0 Å². The van der Waals surface area contributed by atoms with Gasteiger partial charge in [0.05, 0.1) is 0 Å². The molecule has 0 bridgehead atoms. The molecule has 0 saturated carbocycles. The highest BCUT2D eigenvalue weighted by Crippen LogP contribution is 2.40. The van der Waals surface area contributed by atoms with Crippen LogP contribution in [0.2, 0.25) is 0 Å². The molecule has 2 N–H and O–H groups in total. The van der Waals surface area contributed by atoms with Crippen LogP contribution in [-0.4, -0.2) is 18.8 Å². The molecular weight excluding hydrogens is 186 g/mol. The zero-order chi connectivity index (χ0) is 10.8. The van der Waals surface area contributed by atoms with Crippen LogP contribution in [0, 0.1) is 5.92 Å². The summed E-state index contributed by atoms with van der Waals surface area (Å²) in [4.78, 5) is 0. The van der Waals surface area contributed by atoms with E-state index in [1.54, 1.807) is 0 Å². The van der Waals surface area contributed by atoms with Crippen LogP contribution in [0.3, 0.4) is 0 Å². The Morgan fingerprint density at radius 1 is 1.33 bits per heavy atom. The van der Waals surface area contributed by atoms with E-state index in [1.165, 1.54) is 11.1 Å². The minimum atomic E-state index is 0.268. The topological polar surface area (TPSA) is 32.3 Å². The summed E-state index contributed by atoms with van der Waals surface area (Å²) in [5.74, 6) is 0.905. The van der Waals surface area contributed by atoms with Crippen LogP contribution in [0.25, 0.3) is 0 Å². The first-order valence-electron chi connectivity index (χ1n) is 5.65. The smallest absolute Gasteiger partial charge is 0.0477 e. The summed E-state index contributed by atoms with van der Waals surface area (Å²) in [5.41, 5.74) is 2.79. The Balaban J connectivity index is 2.41. The molecule has 2 heteroatoms. The molecule has 0 saturated heterocycles. The zero-order valence-corrected chi connectivity index (χ0v) is 9.40. The highest BCUT2D eigenvalue weighted by molar-refractivity contribution is 5.35. The van der Waals surface area contributed by atoms with Crippen molar-refractivity contribution >= 4 is 0 Å². The molecule has 3 unspecified atom stereocenters. The van der Waals surface area contributed by atoms with Crippen LogP contribution in [0.15, 0.2) is 24.3 Å². The zero-order valence-electron chi connectivity index (χ0n) is 9.40. The number of fused-ring (bicyclic) bond motifs is 1. The van der Waals surface area contributed by atoms with Crippen molar-refractivity contribution in [3.05, 3.63) is 35.4 Å². The molecular formula is C13H19NO. The minimum absolute atomic E-state index is 0.268. The number of aliphatic hydroxyl groups excluding tert-OH is 1. The maximum Gasteiger partial charge on any atom is 0.0477 e. The Morgan fingerprint density at radius 2 is 2.00 bits per heavy atom. The lowest BCUT2D eigenvalue weighted by molar-refractivity contribution is 0.170. The summed E-state index contributed by atoms with van der Waals surface area (Å²) in [6.07, 6.45) is 1.07. The predicted molar refractivity (Wildman–Crippen MR) is 61.9 cm³/mol. The van der Waals surface area contributed by atoms with Crippen molar-refractivity contribution in [1.82, 2.24) is 5.32 Å². The van der Waals surface area contributed by atoms with Crippen molar-refractivity contribution in [1.29, 1.82) is 0 Å². The van der Waals surface area contributed by atoms with Gasteiger partial charge in [-0.05, 0) is 30.5 Å². The summed E-state index contributed by atoms with van der Waals surface area (Å²) in [7, 11) is 1.97. The molecule has 0 aliphatic heterocycles. The van der Waals surface area contributed by atoms with E-state index < -0.39 is 0 Å². The van der Waals surface area contributed by atoms with Crippen LogP contribution < -0.4 is 5.32 Å². The van der Waals surface area contributed by atoms with E-state index in [-0.39, 0.29) is 6.61 Å². The predicted octanol–water partition coefficient (Wildman–Crippen LogP) is 2.06. The molecule has 0 spiro atoms. The van der Waals surface area contributed by atoms with Gasteiger partial charge in [-0.1, -0.05) is 31.2 Å². The molecule has 1 aromatic rings. The highest BCUT2D eigenvalue weighted by atomic mass is 16.3. The molecule has 1 aromatic carbocycles. The van der Waals surface area contributed by atoms with E-state index >= 15 is 0 Å². The van der Waals surface area contributed by atoms with Crippen LogP contribution in [0.1, 0.15) is 36.4 Å². The van der Waals surface area contributed by atoms with E-state index in [0.29, 0.717) is 17.9 Å². The second kappa shape index (κ2) is 4.33. The van der Waals surface area contributed by atoms with Crippen molar-refractivity contribution in [3.63, 3.8) is 0 Å². The number of benzene rings is 1. The molecule has 2 rings (SSSR count). The normalized spacial score (nSPS) is 29.9. The Morgan fingerprint density at radius 3 is 2.60 bits per heavy atom. The van der Waals surface area contributed by atoms with Crippen molar-refractivity contribution in [2.75, 3.05) is 13.7 Å². The monoisotopic (exact) mass is 205 g/mol. The van der Waals surface area contributed by atoms with Gasteiger partial charge in [-0.2, -0.15) is 0 Å². The molecule has 15 heavy (non-hydrogen) atoms. The second-order valence-corrected chi connectivity index (χ2v) is 4.47.